The van der Waals surface area contributed by atoms with Crippen molar-refractivity contribution >= 4 is 0 Å². The summed E-state index contributed by atoms with van der Waals surface area (Å²) in [5, 5.41) is 3.80. The van der Waals surface area contributed by atoms with Crippen LogP contribution < -0.4 is 4.74 Å². The van der Waals surface area contributed by atoms with Gasteiger partial charge in [-0.2, -0.15) is 18.2 Å². The second-order valence-electron chi connectivity index (χ2n) is 7.49. The Labute approximate surface area is 156 Å². The second-order valence-corrected chi connectivity index (χ2v) is 7.49. The van der Waals surface area contributed by atoms with Crippen LogP contribution in [0.25, 0.3) is 11.4 Å². The highest BCUT2D eigenvalue weighted by molar-refractivity contribution is 5.55. The van der Waals surface area contributed by atoms with Gasteiger partial charge in [-0.25, -0.2) is 0 Å². The summed E-state index contributed by atoms with van der Waals surface area (Å²) in [5.41, 5.74) is -1.26. The fourth-order valence-electron chi connectivity index (χ4n) is 2.92. The van der Waals surface area contributed by atoms with E-state index in [1.165, 1.54) is 12.8 Å². The third-order valence-electron chi connectivity index (χ3n) is 4.82. The lowest BCUT2D eigenvalue weighted by molar-refractivity contribution is -0.212. The summed E-state index contributed by atoms with van der Waals surface area (Å²) in [6.07, 6.45) is -2.19. The van der Waals surface area contributed by atoms with E-state index in [0.717, 1.165) is 39.2 Å². The van der Waals surface area contributed by atoms with Crippen LogP contribution in [0.15, 0.2) is 28.8 Å². The molecule has 0 saturated carbocycles. The van der Waals surface area contributed by atoms with E-state index in [4.69, 9.17) is 9.26 Å². The fraction of sp³-hybridized carbons (Fsp3) is 0.579. The van der Waals surface area contributed by atoms with E-state index >= 15 is 0 Å². The van der Waals surface area contributed by atoms with E-state index in [-0.39, 0.29) is 18.1 Å². The molecule has 0 unspecified atom stereocenters. The summed E-state index contributed by atoms with van der Waals surface area (Å²) in [7, 11) is 0. The Hall–Kier alpha value is -2.09. The Kier molecular flexibility index (Phi) is 5.74. The number of nitrogens with zero attached hydrogens (tertiary/aromatic N) is 3. The molecule has 1 saturated heterocycles. The van der Waals surface area contributed by atoms with Gasteiger partial charge < -0.3 is 9.26 Å². The lowest BCUT2D eigenvalue weighted by Crippen LogP contribution is -2.34. The van der Waals surface area contributed by atoms with Gasteiger partial charge >= 0.3 is 6.18 Å². The highest BCUT2D eigenvalue weighted by Gasteiger charge is 2.48. The molecule has 0 N–H and O–H groups in total. The lowest BCUT2D eigenvalue weighted by Gasteiger charge is -2.25. The van der Waals surface area contributed by atoms with Crippen LogP contribution in [-0.2, 0) is 6.42 Å². The quantitative estimate of drug-likeness (QED) is 0.712. The first-order valence-corrected chi connectivity index (χ1v) is 9.09. The van der Waals surface area contributed by atoms with Gasteiger partial charge in [-0.3, -0.25) is 4.90 Å². The smallest absolute Gasteiger partial charge is 0.394 e. The van der Waals surface area contributed by atoms with Crippen LogP contribution in [0.3, 0.4) is 0 Å². The van der Waals surface area contributed by atoms with Crippen LogP contribution in [0.2, 0.25) is 0 Å². The molecule has 1 aliphatic rings. The normalized spacial score (nSPS) is 16.0. The zero-order valence-corrected chi connectivity index (χ0v) is 15.6. The van der Waals surface area contributed by atoms with Crippen molar-refractivity contribution in [1.82, 2.24) is 15.0 Å². The Morgan fingerprint density at radius 3 is 2.41 bits per heavy atom. The maximum absolute atomic E-state index is 13.0. The number of benzene rings is 1. The highest BCUT2D eigenvalue weighted by Crippen LogP contribution is 2.40. The van der Waals surface area contributed by atoms with Gasteiger partial charge in [0.15, 0.2) is 0 Å². The van der Waals surface area contributed by atoms with Crippen molar-refractivity contribution in [3.8, 4) is 17.1 Å². The summed E-state index contributed by atoms with van der Waals surface area (Å²) in [4.78, 5) is 6.47. The summed E-state index contributed by atoms with van der Waals surface area (Å²) < 4.78 is 49.7. The third kappa shape index (κ3) is 5.00. The molecule has 1 aliphatic heterocycles. The maximum atomic E-state index is 13.0. The molecule has 0 radical (unpaired) electrons. The number of ether oxygens (including phenoxy) is 1. The molecule has 27 heavy (non-hydrogen) atoms. The van der Waals surface area contributed by atoms with E-state index in [9.17, 15) is 13.2 Å². The van der Waals surface area contributed by atoms with Crippen LogP contribution in [0.5, 0.6) is 5.75 Å². The van der Waals surface area contributed by atoms with Crippen LogP contribution in [0, 0.1) is 5.41 Å². The van der Waals surface area contributed by atoms with Gasteiger partial charge in [-0.05, 0) is 50.2 Å². The molecule has 0 amide bonds. The van der Waals surface area contributed by atoms with Gasteiger partial charge in [0.2, 0.25) is 11.7 Å². The second kappa shape index (κ2) is 7.88. The van der Waals surface area contributed by atoms with Gasteiger partial charge in [-0.15, -0.1) is 0 Å². The first-order valence-electron chi connectivity index (χ1n) is 9.09. The van der Waals surface area contributed by atoms with Crippen molar-refractivity contribution in [1.29, 1.82) is 0 Å². The molecule has 1 aromatic heterocycles. The van der Waals surface area contributed by atoms with Gasteiger partial charge in [0.25, 0.3) is 0 Å². The van der Waals surface area contributed by atoms with Crippen molar-refractivity contribution in [2.24, 2.45) is 5.41 Å². The molecule has 0 aliphatic carbocycles. The molecule has 0 bridgehead atoms. The predicted molar refractivity (Wildman–Crippen MR) is 94.4 cm³/mol. The van der Waals surface area contributed by atoms with E-state index < -0.39 is 11.6 Å². The van der Waals surface area contributed by atoms with E-state index in [2.05, 4.69) is 15.0 Å². The van der Waals surface area contributed by atoms with Crippen LogP contribution in [0.4, 0.5) is 13.2 Å². The first-order chi connectivity index (χ1) is 12.7. The minimum absolute atomic E-state index is 0.0294. The highest BCUT2D eigenvalue weighted by atomic mass is 19.4. The predicted octanol–water partition coefficient (Wildman–Crippen LogP) is 4.34. The SMILES string of the molecule is CC(C)(Cc1nc(-c2ccc(OCCN3CCCC3)cc2)no1)C(F)(F)F. The minimum Gasteiger partial charge on any atom is -0.492 e. The summed E-state index contributed by atoms with van der Waals surface area (Å²) in [6, 6.07) is 7.15. The molecule has 0 spiro atoms. The zero-order chi connectivity index (χ0) is 19.5. The van der Waals surface area contributed by atoms with Crippen molar-refractivity contribution in [3.63, 3.8) is 0 Å². The largest absolute Gasteiger partial charge is 0.492 e. The number of rotatable bonds is 7. The molecule has 0 atom stereocenters. The number of hydrogen-bond donors (Lipinski definition) is 0. The molecular formula is C19H24F3N3O2. The van der Waals surface area contributed by atoms with E-state index in [0.29, 0.717) is 12.2 Å². The van der Waals surface area contributed by atoms with Crippen LogP contribution in [-0.4, -0.2) is 47.5 Å². The first kappa shape index (κ1) is 19.7. The molecule has 1 aromatic carbocycles. The number of alkyl halides is 3. The third-order valence-corrected chi connectivity index (χ3v) is 4.82. The van der Waals surface area contributed by atoms with E-state index in [1.807, 2.05) is 0 Å². The summed E-state index contributed by atoms with van der Waals surface area (Å²) in [6.45, 7) is 6.03. The van der Waals surface area contributed by atoms with Crippen molar-refractivity contribution < 1.29 is 22.4 Å². The molecule has 1 fully saturated rings. The Bertz CT molecular complexity index is 735. The molecule has 2 heterocycles. The fourth-order valence-corrected chi connectivity index (χ4v) is 2.92. The lowest BCUT2D eigenvalue weighted by atomic mass is 9.88. The number of hydrogen-bond acceptors (Lipinski definition) is 5. The van der Waals surface area contributed by atoms with Gasteiger partial charge in [0.05, 0.1) is 5.41 Å². The van der Waals surface area contributed by atoms with Crippen molar-refractivity contribution in [2.45, 2.75) is 39.3 Å². The monoisotopic (exact) mass is 383 g/mol. The Morgan fingerprint density at radius 1 is 1.11 bits per heavy atom. The summed E-state index contributed by atoms with van der Waals surface area (Å²) in [5.74, 6) is 0.977. The Morgan fingerprint density at radius 2 is 1.78 bits per heavy atom. The molecular weight excluding hydrogens is 359 g/mol. The average Bonchev–Trinajstić information content (AvgIpc) is 3.26. The average molecular weight is 383 g/mol. The summed E-state index contributed by atoms with van der Waals surface area (Å²) >= 11 is 0. The molecule has 148 valence electrons. The number of halogens is 3. The molecule has 5 nitrogen and oxygen atoms in total. The minimum atomic E-state index is -4.34. The van der Waals surface area contributed by atoms with Gasteiger partial charge in [0, 0.05) is 18.5 Å². The number of aromatic nitrogens is 2. The van der Waals surface area contributed by atoms with Crippen molar-refractivity contribution in [3.05, 3.63) is 30.2 Å². The maximum Gasteiger partial charge on any atom is 0.394 e. The number of likely N-dealkylation sites (tertiary alicyclic amines) is 1. The molecule has 8 heteroatoms. The molecule has 3 rings (SSSR count). The van der Waals surface area contributed by atoms with Gasteiger partial charge in [-0.1, -0.05) is 19.0 Å². The Balaban J connectivity index is 1.56. The van der Waals surface area contributed by atoms with Crippen molar-refractivity contribution in [2.75, 3.05) is 26.2 Å². The topological polar surface area (TPSA) is 51.4 Å². The standard InChI is InChI=1S/C19H24F3N3O2/c1-18(2,19(20,21)22)13-16-23-17(24-27-16)14-5-7-15(8-6-14)26-12-11-25-9-3-4-10-25/h5-8H,3-4,9-13H2,1-2H3. The van der Waals surface area contributed by atoms with Gasteiger partial charge in [0.1, 0.15) is 12.4 Å². The van der Waals surface area contributed by atoms with Crippen LogP contribution >= 0.6 is 0 Å². The zero-order valence-electron chi connectivity index (χ0n) is 15.6. The van der Waals surface area contributed by atoms with E-state index in [1.54, 1.807) is 24.3 Å². The molecule has 2 aromatic rings. The van der Waals surface area contributed by atoms with Crippen LogP contribution in [0.1, 0.15) is 32.6 Å².